The SMILES string of the molecule is CCOc1cc(C(=O)Nc2ccc(C(=O)O)c(C)c2)cc(OC(CC)CC)c1Cl. The molecule has 0 spiro atoms. The first-order chi connectivity index (χ1) is 13.8. The molecule has 7 heteroatoms. The number of hydrogen-bond donors (Lipinski definition) is 2. The molecule has 2 aromatic rings. The number of aryl methyl sites for hydroxylation is 1. The number of carbonyl (C=O) groups excluding carboxylic acids is 1. The summed E-state index contributed by atoms with van der Waals surface area (Å²) < 4.78 is 11.5. The van der Waals surface area contributed by atoms with Gasteiger partial charge in [0.05, 0.1) is 18.3 Å². The van der Waals surface area contributed by atoms with E-state index in [2.05, 4.69) is 5.32 Å². The van der Waals surface area contributed by atoms with Crippen LogP contribution in [-0.4, -0.2) is 29.7 Å². The summed E-state index contributed by atoms with van der Waals surface area (Å²) in [5, 5.41) is 12.2. The van der Waals surface area contributed by atoms with Gasteiger partial charge in [0.15, 0.2) is 0 Å². The minimum Gasteiger partial charge on any atom is -0.492 e. The molecule has 0 aromatic heterocycles. The highest BCUT2D eigenvalue weighted by Crippen LogP contribution is 2.37. The molecule has 156 valence electrons. The Hall–Kier alpha value is -2.73. The first-order valence-corrected chi connectivity index (χ1v) is 9.96. The van der Waals surface area contributed by atoms with Gasteiger partial charge in [-0.3, -0.25) is 4.79 Å². The molecule has 0 unspecified atom stereocenters. The lowest BCUT2D eigenvalue weighted by atomic mass is 10.1. The molecule has 2 rings (SSSR count). The Morgan fingerprint density at radius 3 is 2.31 bits per heavy atom. The number of carboxylic acids is 1. The summed E-state index contributed by atoms with van der Waals surface area (Å²) in [5.74, 6) is -0.615. The predicted molar refractivity (Wildman–Crippen MR) is 114 cm³/mol. The van der Waals surface area contributed by atoms with E-state index in [4.69, 9.17) is 26.2 Å². The third-order valence-electron chi connectivity index (χ3n) is 4.49. The number of anilines is 1. The molecule has 0 aliphatic carbocycles. The molecule has 0 saturated carbocycles. The third-order valence-corrected chi connectivity index (χ3v) is 4.86. The second-order valence-electron chi connectivity index (χ2n) is 6.56. The van der Waals surface area contributed by atoms with Gasteiger partial charge in [-0.1, -0.05) is 25.4 Å². The normalized spacial score (nSPS) is 10.7. The number of aromatic carboxylic acids is 1. The lowest BCUT2D eigenvalue weighted by molar-refractivity contribution is 0.0696. The number of ether oxygens (including phenoxy) is 2. The Balaban J connectivity index is 2.34. The average molecular weight is 420 g/mol. The number of amides is 1. The number of carbonyl (C=O) groups is 2. The Kier molecular flexibility index (Phi) is 7.91. The Morgan fingerprint density at radius 1 is 1.10 bits per heavy atom. The van der Waals surface area contributed by atoms with Crippen molar-refractivity contribution in [3.8, 4) is 11.5 Å². The van der Waals surface area contributed by atoms with Gasteiger partial charge in [0.1, 0.15) is 16.5 Å². The zero-order chi connectivity index (χ0) is 21.6. The van der Waals surface area contributed by atoms with E-state index in [9.17, 15) is 9.59 Å². The molecule has 2 aromatic carbocycles. The van der Waals surface area contributed by atoms with Crippen molar-refractivity contribution in [2.24, 2.45) is 0 Å². The average Bonchev–Trinajstić information content (AvgIpc) is 2.68. The van der Waals surface area contributed by atoms with Crippen LogP contribution in [0.15, 0.2) is 30.3 Å². The van der Waals surface area contributed by atoms with Gasteiger partial charge in [0, 0.05) is 11.3 Å². The molecule has 0 heterocycles. The smallest absolute Gasteiger partial charge is 0.335 e. The maximum atomic E-state index is 12.8. The standard InChI is InChI=1S/C22H26ClNO5/c1-5-16(6-2)29-19-12-14(11-18(20(19)23)28-7-3)21(25)24-15-8-9-17(22(26)27)13(4)10-15/h8-12,16H,5-7H2,1-4H3,(H,24,25)(H,26,27). The monoisotopic (exact) mass is 419 g/mol. The number of rotatable bonds is 9. The second-order valence-corrected chi connectivity index (χ2v) is 6.94. The van der Waals surface area contributed by atoms with Crippen LogP contribution in [0.3, 0.4) is 0 Å². The van der Waals surface area contributed by atoms with Gasteiger partial charge in [-0.15, -0.1) is 0 Å². The minimum absolute atomic E-state index is 0.0218. The van der Waals surface area contributed by atoms with Gasteiger partial charge < -0.3 is 19.9 Å². The van der Waals surface area contributed by atoms with Crippen molar-refractivity contribution in [3.05, 3.63) is 52.0 Å². The fourth-order valence-corrected chi connectivity index (χ4v) is 3.08. The van der Waals surface area contributed by atoms with Crippen molar-refractivity contribution in [1.29, 1.82) is 0 Å². The number of carboxylic acid groups (broad SMARTS) is 1. The van der Waals surface area contributed by atoms with Crippen molar-refractivity contribution < 1.29 is 24.2 Å². The molecule has 0 bridgehead atoms. The fourth-order valence-electron chi connectivity index (χ4n) is 2.87. The Morgan fingerprint density at radius 2 is 1.76 bits per heavy atom. The van der Waals surface area contributed by atoms with Crippen molar-refractivity contribution >= 4 is 29.2 Å². The van der Waals surface area contributed by atoms with E-state index in [1.807, 2.05) is 20.8 Å². The molecular formula is C22H26ClNO5. The summed E-state index contributed by atoms with van der Waals surface area (Å²) in [7, 11) is 0. The summed E-state index contributed by atoms with van der Waals surface area (Å²) in [6.45, 7) is 7.94. The van der Waals surface area contributed by atoms with Crippen LogP contribution >= 0.6 is 11.6 Å². The van der Waals surface area contributed by atoms with Gasteiger partial charge in [-0.05, 0) is 62.6 Å². The van der Waals surface area contributed by atoms with E-state index in [-0.39, 0.29) is 17.6 Å². The first-order valence-electron chi connectivity index (χ1n) is 9.58. The topological polar surface area (TPSA) is 84.9 Å². The summed E-state index contributed by atoms with van der Waals surface area (Å²) in [5.41, 5.74) is 1.57. The molecule has 0 aliphatic rings. The van der Waals surface area contributed by atoms with Crippen LogP contribution in [0.1, 0.15) is 59.9 Å². The van der Waals surface area contributed by atoms with E-state index in [0.29, 0.717) is 39.9 Å². The Labute approximate surface area is 175 Å². The maximum Gasteiger partial charge on any atom is 0.335 e. The fraction of sp³-hybridized carbons (Fsp3) is 0.364. The number of benzene rings is 2. The van der Waals surface area contributed by atoms with Crippen molar-refractivity contribution in [1.82, 2.24) is 0 Å². The molecule has 0 radical (unpaired) electrons. The number of hydrogen-bond acceptors (Lipinski definition) is 4. The van der Waals surface area contributed by atoms with E-state index in [0.717, 1.165) is 12.8 Å². The highest BCUT2D eigenvalue weighted by molar-refractivity contribution is 6.33. The number of nitrogens with one attached hydrogen (secondary N) is 1. The van der Waals surface area contributed by atoms with Gasteiger partial charge in [-0.2, -0.15) is 0 Å². The summed E-state index contributed by atoms with van der Waals surface area (Å²) in [4.78, 5) is 24.0. The largest absolute Gasteiger partial charge is 0.492 e. The predicted octanol–water partition coefficient (Wildman–Crippen LogP) is 5.57. The maximum absolute atomic E-state index is 12.8. The molecule has 6 nitrogen and oxygen atoms in total. The summed E-state index contributed by atoms with van der Waals surface area (Å²) in [6.07, 6.45) is 1.59. The van der Waals surface area contributed by atoms with Gasteiger partial charge in [0.25, 0.3) is 5.91 Å². The van der Waals surface area contributed by atoms with Crippen LogP contribution in [0.4, 0.5) is 5.69 Å². The van der Waals surface area contributed by atoms with Crippen LogP contribution in [0.5, 0.6) is 11.5 Å². The van der Waals surface area contributed by atoms with E-state index in [1.54, 1.807) is 31.2 Å². The Bertz CT molecular complexity index is 893. The molecule has 0 aliphatic heterocycles. The van der Waals surface area contributed by atoms with Crippen LogP contribution in [0.25, 0.3) is 0 Å². The summed E-state index contributed by atoms with van der Waals surface area (Å²) >= 11 is 6.41. The van der Waals surface area contributed by atoms with Crippen LogP contribution < -0.4 is 14.8 Å². The van der Waals surface area contributed by atoms with Gasteiger partial charge >= 0.3 is 5.97 Å². The van der Waals surface area contributed by atoms with Crippen molar-refractivity contribution in [3.63, 3.8) is 0 Å². The quantitative estimate of drug-likeness (QED) is 0.555. The number of halogens is 1. The lowest BCUT2D eigenvalue weighted by Gasteiger charge is -2.19. The van der Waals surface area contributed by atoms with Crippen molar-refractivity contribution in [2.45, 2.75) is 46.6 Å². The first kappa shape index (κ1) is 22.6. The molecule has 0 fully saturated rings. The van der Waals surface area contributed by atoms with Gasteiger partial charge in [0.2, 0.25) is 0 Å². The van der Waals surface area contributed by atoms with Crippen LogP contribution in [-0.2, 0) is 0 Å². The summed E-state index contributed by atoms with van der Waals surface area (Å²) in [6, 6.07) is 7.79. The zero-order valence-electron chi connectivity index (χ0n) is 17.0. The van der Waals surface area contributed by atoms with Crippen molar-refractivity contribution in [2.75, 3.05) is 11.9 Å². The molecular weight excluding hydrogens is 394 g/mol. The zero-order valence-corrected chi connectivity index (χ0v) is 17.8. The second kappa shape index (κ2) is 10.2. The van der Waals surface area contributed by atoms with Gasteiger partial charge in [-0.25, -0.2) is 4.79 Å². The highest BCUT2D eigenvalue weighted by Gasteiger charge is 2.18. The molecule has 0 atom stereocenters. The molecule has 2 N–H and O–H groups in total. The highest BCUT2D eigenvalue weighted by atomic mass is 35.5. The van der Waals surface area contributed by atoms with Crippen LogP contribution in [0, 0.1) is 6.92 Å². The van der Waals surface area contributed by atoms with E-state index >= 15 is 0 Å². The lowest BCUT2D eigenvalue weighted by Crippen LogP contribution is -2.16. The minimum atomic E-state index is -1.01. The van der Waals surface area contributed by atoms with E-state index < -0.39 is 5.97 Å². The molecule has 0 saturated heterocycles. The third kappa shape index (κ3) is 5.64. The van der Waals surface area contributed by atoms with Crippen LogP contribution in [0.2, 0.25) is 5.02 Å². The molecule has 29 heavy (non-hydrogen) atoms. The van der Waals surface area contributed by atoms with E-state index in [1.165, 1.54) is 6.07 Å². The molecule has 1 amide bonds.